The SMILES string of the molecule is COc1cccc(C2(C(=O)N(c3c(C(C)C)cccc3C(C)C)S(=O)(=O)O)CCN(c3ccccc3OC)CC2)c1.Cl. The van der Waals surface area contributed by atoms with Crippen molar-refractivity contribution in [2.75, 3.05) is 36.5 Å². The Hall–Kier alpha value is -3.27. The van der Waals surface area contributed by atoms with E-state index in [9.17, 15) is 17.8 Å². The largest absolute Gasteiger partial charge is 0.497 e. The fourth-order valence-corrected chi connectivity index (χ4v) is 6.66. The van der Waals surface area contributed by atoms with Gasteiger partial charge in [-0.3, -0.25) is 9.35 Å². The van der Waals surface area contributed by atoms with Crippen LogP contribution in [0, 0.1) is 0 Å². The molecule has 1 heterocycles. The molecule has 0 radical (unpaired) electrons. The van der Waals surface area contributed by atoms with Crippen LogP contribution in [-0.2, 0) is 20.5 Å². The van der Waals surface area contributed by atoms with Crippen molar-refractivity contribution in [1.29, 1.82) is 0 Å². The molecule has 0 aromatic heterocycles. The molecule has 1 aliphatic rings. The first-order chi connectivity index (χ1) is 19.4. The number of ether oxygens (including phenoxy) is 2. The van der Waals surface area contributed by atoms with E-state index in [0.29, 0.717) is 52.7 Å². The highest BCUT2D eigenvalue weighted by atomic mass is 35.5. The van der Waals surface area contributed by atoms with Crippen molar-refractivity contribution >= 4 is 40.0 Å². The molecule has 1 saturated heterocycles. The van der Waals surface area contributed by atoms with Gasteiger partial charge in [-0.25, -0.2) is 0 Å². The van der Waals surface area contributed by atoms with Gasteiger partial charge in [0.05, 0.1) is 31.0 Å². The maximum Gasteiger partial charge on any atom is 0.366 e. The van der Waals surface area contributed by atoms with Crippen LogP contribution in [0.2, 0.25) is 0 Å². The quantitative estimate of drug-likeness (QED) is 0.266. The van der Waals surface area contributed by atoms with Gasteiger partial charge in [-0.2, -0.15) is 12.7 Å². The molecule has 4 rings (SSSR count). The third-order valence-corrected chi connectivity index (χ3v) is 8.85. The Morgan fingerprint density at radius 2 is 1.45 bits per heavy atom. The number of hydrogen-bond acceptors (Lipinski definition) is 6. The van der Waals surface area contributed by atoms with Gasteiger partial charge in [-0.15, -0.1) is 12.4 Å². The number of carbonyl (C=O) groups excluding carboxylic acids is 1. The van der Waals surface area contributed by atoms with Gasteiger partial charge in [0.25, 0.3) is 5.91 Å². The number of nitrogens with zero attached hydrogens (tertiary/aromatic N) is 2. The van der Waals surface area contributed by atoms with Crippen LogP contribution in [0.25, 0.3) is 0 Å². The van der Waals surface area contributed by atoms with Crippen molar-refractivity contribution in [2.24, 2.45) is 0 Å². The lowest BCUT2D eigenvalue weighted by molar-refractivity contribution is -0.123. The van der Waals surface area contributed by atoms with Crippen LogP contribution in [0.15, 0.2) is 66.7 Å². The molecule has 10 heteroatoms. The Bertz CT molecular complexity index is 1470. The summed E-state index contributed by atoms with van der Waals surface area (Å²) in [4.78, 5) is 17.0. The Balaban J connectivity index is 0.00000484. The van der Waals surface area contributed by atoms with E-state index in [4.69, 9.17) is 9.47 Å². The topological polar surface area (TPSA) is 96.4 Å². The van der Waals surface area contributed by atoms with Crippen LogP contribution in [0.5, 0.6) is 11.5 Å². The second-order valence-electron chi connectivity index (χ2n) is 11.1. The maximum atomic E-state index is 14.9. The number of anilines is 2. The summed E-state index contributed by atoms with van der Waals surface area (Å²) in [5.74, 6) is 0.412. The molecular formula is C32H41ClN2O6S. The first-order valence-corrected chi connectivity index (χ1v) is 15.3. The van der Waals surface area contributed by atoms with E-state index in [0.717, 1.165) is 11.4 Å². The minimum absolute atomic E-state index is 0. The summed E-state index contributed by atoms with van der Waals surface area (Å²) in [6.45, 7) is 8.70. The van der Waals surface area contributed by atoms with Crippen LogP contribution in [0.1, 0.15) is 69.1 Å². The number of amides is 1. The van der Waals surface area contributed by atoms with Gasteiger partial charge in [0.15, 0.2) is 0 Å². The highest BCUT2D eigenvalue weighted by molar-refractivity contribution is 7.88. The predicted octanol–water partition coefficient (Wildman–Crippen LogP) is 6.75. The van der Waals surface area contributed by atoms with Crippen molar-refractivity contribution in [2.45, 2.75) is 57.8 Å². The number of halogens is 1. The minimum Gasteiger partial charge on any atom is -0.497 e. The molecule has 1 N–H and O–H groups in total. The maximum absolute atomic E-state index is 14.9. The van der Waals surface area contributed by atoms with E-state index in [1.807, 2.05) is 76.2 Å². The lowest BCUT2D eigenvalue weighted by Crippen LogP contribution is -2.55. The monoisotopic (exact) mass is 616 g/mol. The summed E-state index contributed by atoms with van der Waals surface area (Å²) in [6.07, 6.45) is 0.619. The van der Waals surface area contributed by atoms with Crippen molar-refractivity contribution < 1.29 is 27.2 Å². The van der Waals surface area contributed by atoms with E-state index in [1.54, 1.807) is 32.4 Å². The van der Waals surface area contributed by atoms with Gasteiger partial charge in [0, 0.05) is 13.1 Å². The van der Waals surface area contributed by atoms with E-state index in [2.05, 4.69) is 4.90 Å². The third kappa shape index (κ3) is 6.38. The molecule has 1 aliphatic heterocycles. The Kier molecular flexibility index (Phi) is 10.6. The Morgan fingerprint density at radius 1 is 0.881 bits per heavy atom. The molecule has 1 fully saturated rings. The number of para-hydroxylation sites is 3. The summed E-state index contributed by atoms with van der Waals surface area (Å²) < 4.78 is 48.9. The molecule has 42 heavy (non-hydrogen) atoms. The summed E-state index contributed by atoms with van der Waals surface area (Å²) in [5.41, 5.74) is 1.88. The molecule has 3 aromatic carbocycles. The molecule has 0 bridgehead atoms. The summed E-state index contributed by atoms with van der Waals surface area (Å²) in [5, 5.41) is 0. The van der Waals surface area contributed by atoms with Gasteiger partial charge < -0.3 is 14.4 Å². The third-order valence-electron chi connectivity index (χ3n) is 8.04. The number of carbonyl (C=O) groups is 1. The smallest absolute Gasteiger partial charge is 0.366 e. The Labute approximate surface area is 255 Å². The van der Waals surface area contributed by atoms with E-state index < -0.39 is 21.6 Å². The van der Waals surface area contributed by atoms with Crippen LogP contribution in [0.3, 0.4) is 0 Å². The number of benzene rings is 3. The molecule has 0 spiro atoms. The number of piperidine rings is 1. The zero-order valence-electron chi connectivity index (χ0n) is 25.0. The predicted molar refractivity (Wildman–Crippen MR) is 170 cm³/mol. The standard InChI is InChI=1S/C32H40N2O6S.ClH/c1-22(2)26-13-10-14-27(23(3)4)30(26)34(41(36,37)38)31(35)32(24-11-9-12-25(21-24)39-5)17-19-33(20-18-32)28-15-7-8-16-29(28)40-6;/h7-16,21-23H,17-20H2,1-6H3,(H,36,37,38);1H. The molecule has 1 amide bonds. The molecular weight excluding hydrogens is 576 g/mol. The second kappa shape index (κ2) is 13.4. The highest BCUT2D eigenvalue weighted by Crippen LogP contribution is 2.45. The first kappa shape index (κ1) is 33.2. The zero-order valence-corrected chi connectivity index (χ0v) is 26.7. The number of hydrogen-bond donors (Lipinski definition) is 1. The van der Waals surface area contributed by atoms with Crippen molar-refractivity contribution in [3.63, 3.8) is 0 Å². The Morgan fingerprint density at radius 3 is 1.98 bits per heavy atom. The fraction of sp³-hybridized carbons (Fsp3) is 0.406. The average Bonchev–Trinajstić information content (AvgIpc) is 2.96. The van der Waals surface area contributed by atoms with Crippen molar-refractivity contribution in [1.82, 2.24) is 0 Å². The van der Waals surface area contributed by atoms with Crippen LogP contribution >= 0.6 is 12.4 Å². The van der Waals surface area contributed by atoms with Gasteiger partial charge in [-0.1, -0.05) is 70.2 Å². The van der Waals surface area contributed by atoms with E-state index >= 15 is 0 Å². The van der Waals surface area contributed by atoms with Crippen LogP contribution in [0.4, 0.5) is 11.4 Å². The lowest BCUT2D eigenvalue weighted by atomic mass is 9.71. The fourth-order valence-electron chi connectivity index (χ4n) is 5.83. The lowest BCUT2D eigenvalue weighted by Gasteiger charge is -2.44. The average molecular weight is 617 g/mol. The molecule has 0 unspecified atom stereocenters. The van der Waals surface area contributed by atoms with Crippen LogP contribution < -0.4 is 18.7 Å². The van der Waals surface area contributed by atoms with Crippen molar-refractivity contribution in [3.05, 3.63) is 83.4 Å². The van der Waals surface area contributed by atoms with Gasteiger partial charge in [0.2, 0.25) is 0 Å². The summed E-state index contributed by atoms with van der Waals surface area (Å²) >= 11 is 0. The zero-order chi connectivity index (χ0) is 29.9. The highest BCUT2D eigenvalue weighted by Gasteiger charge is 2.49. The van der Waals surface area contributed by atoms with E-state index in [1.165, 1.54) is 0 Å². The molecule has 8 nitrogen and oxygen atoms in total. The van der Waals surface area contributed by atoms with Crippen molar-refractivity contribution in [3.8, 4) is 11.5 Å². The second-order valence-corrected chi connectivity index (χ2v) is 12.4. The molecule has 0 atom stereocenters. The molecule has 228 valence electrons. The van der Waals surface area contributed by atoms with Crippen LogP contribution in [-0.4, -0.2) is 46.2 Å². The first-order valence-electron chi connectivity index (χ1n) is 13.9. The minimum atomic E-state index is -5.00. The summed E-state index contributed by atoms with van der Waals surface area (Å²) in [6, 6.07) is 20.4. The number of methoxy groups -OCH3 is 2. The summed E-state index contributed by atoms with van der Waals surface area (Å²) in [7, 11) is -1.83. The van der Waals surface area contributed by atoms with Gasteiger partial charge >= 0.3 is 10.3 Å². The molecule has 0 aliphatic carbocycles. The van der Waals surface area contributed by atoms with Gasteiger partial charge in [0.1, 0.15) is 11.5 Å². The van der Waals surface area contributed by atoms with E-state index in [-0.39, 0.29) is 29.9 Å². The number of rotatable bonds is 9. The van der Waals surface area contributed by atoms with Gasteiger partial charge in [-0.05, 0) is 65.6 Å². The molecule has 0 saturated carbocycles. The normalized spacial score (nSPS) is 14.8. The molecule has 3 aromatic rings.